The zero-order valence-electron chi connectivity index (χ0n) is 9.98. The molecule has 0 rings (SSSR count). The Balaban J connectivity index is 4.26. The summed E-state index contributed by atoms with van der Waals surface area (Å²) in [4.78, 5) is 11.5. The van der Waals surface area contributed by atoms with Crippen LogP contribution in [0, 0.1) is 5.41 Å². The van der Waals surface area contributed by atoms with Gasteiger partial charge in [-0.15, -0.1) is 0 Å². The minimum Gasteiger partial charge on any atom is -0.352 e. The van der Waals surface area contributed by atoms with Gasteiger partial charge >= 0.3 is 6.18 Å². The molecular formula is C10H19F3N2O. The summed E-state index contributed by atoms with van der Waals surface area (Å²) in [6.45, 7) is 6.57. The van der Waals surface area contributed by atoms with E-state index < -0.39 is 36.0 Å². The molecule has 0 radical (unpaired) electrons. The zero-order valence-corrected chi connectivity index (χ0v) is 9.98. The number of carbonyl (C=O) groups is 1. The van der Waals surface area contributed by atoms with Crippen molar-refractivity contribution in [3.05, 3.63) is 0 Å². The van der Waals surface area contributed by atoms with Gasteiger partial charge < -0.3 is 11.1 Å². The molecule has 0 aliphatic carbocycles. The summed E-state index contributed by atoms with van der Waals surface area (Å²) in [6, 6.07) is -1.77. The molecule has 0 saturated heterocycles. The Kier molecular flexibility index (Phi) is 4.79. The fourth-order valence-corrected chi connectivity index (χ4v) is 1.12. The lowest BCUT2D eigenvalue weighted by molar-refractivity contribution is -0.142. The molecule has 2 atom stereocenters. The van der Waals surface area contributed by atoms with E-state index in [1.54, 1.807) is 20.8 Å². The van der Waals surface area contributed by atoms with E-state index in [2.05, 4.69) is 5.32 Å². The first-order valence-corrected chi connectivity index (χ1v) is 5.06. The van der Waals surface area contributed by atoms with Crippen LogP contribution in [0.4, 0.5) is 13.2 Å². The van der Waals surface area contributed by atoms with Crippen molar-refractivity contribution in [3.8, 4) is 0 Å². The van der Waals surface area contributed by atoms with Gasteiger partial charge in [0.05, 0.1) is 12.5 Å². The Labute approximate surface area is 93.6 Å². The topological polar surface area (TPSA) is 55.1 Å². The molecule has 0 aliphatic heterocycles. The van der Waals surface area contributed by atoms with Gasteiger partial charge in [-0.1, -0.05) is 20.8 Å². The van der Waals surface area contributed by atoms with Gasteiger partial charge in [0, 0.05) is 6.04 Å². The lowest BCUT2D eigenvalue weighted by atomic mass is 9.87. The number of rotatable bonds is 3. The maximum absolute atomic E-state index is 12.0. The van der Waals surface area contributed by atoms with Crippen molar-refractivity contribution >= 4 is 5.91 Å². The van der Waals surface area contributed by atoms with Crippen LogP contribution in [0.5, 0.6) is 0 Å². The average molecular weight is 240 g/mol. The fourth-order valence-electron chi connectivity index (χ4n) is 1.12. The first-order valence-electron chi connectivity index (χ1n) is 5.06. The number of halogens is 3. The van der Waals surface area contributed by atoms with Crippen molar-refractivity contribution in [3.63, 3.8) is 0 Å². The van der Waals surface area contributed by atoms with Gasteiger partial charge in [0.1, 0.15) is 0 Å². The van der Waals surface area contributed by atoms with Crippen molar-refractivity contribution in [2.75, 3.05) is 0 Å². The molecule has 0 fully saturated rings. The van der Waals surface area contributed by atoms with Crippen molar-refractivity contribution < 1.29 is 18.0 Å². The van der Waals surface area contributed by atoms with Gasteiger partial charge in [-0.25, -0.2) is 0 Å². The monoisotopic (exact) mass is 240 g/mol. The van der Waals surface area contributed by atoms with Crippen LogP contribution < -0.4 is 11.1 Å². The standard InChI is InChI=1S/C10H19F3N2O/c1-6(5-10(11,12)13)15-8(16)7(14)9(2,3)4/h6-7H,5,14H2,1-4H3,(H,15,16). The highest BCUT2D eigenvalue weighted by atomic mass is 19.4. The van der Waals surface area contributed by atoms with Crippen molar-refractivity contribution in [1.82, 2.24) is 5.32 Å². The summed E-state index contributed by atoms with van der Waals surface area (Å²) in [5.41, 5.74) is 5.14. The van der Waals surface area contributed by atoms with Crippen molar-refractivity contribution in [2.24, 2.45) is 11.1 Å². The third-order valence-corrected chi connectivity index (χ3v) is 2.14. The number of carbonyl (C=O) groups excluding carboxylic acids is 1. The van der Waals surface area contributed by atoms with Gasteiger partial charge in [-0.05, 0) is 12.3 Å². The number of amides is 1. The first kappa shape index (κ1) is 15.2. The van der Waals surface area contributed by atoms with Crippen LogP contribution in [0.15, 0.2) is 0 Å². The molecule has 0 spiro atoms. The summed E-state index contributed by atoms with van der Waals surface area (Å²) < 4.78 is 36.0. The molecule has 0 saturated carbocycles. The largest absolute Gasteiger partial charge is 0.391 e. The summed E-state index contributed by atoms with van der Waals surface area (Å²) in [7, 11) is 0. The molecule has 0 aromatic rings. The number of hydrogen-bond acceptors (Lipinski definition) is 2. The van der Waals surface area contributed by atoms with E-state index in [-0.39, 0.29) is 0 Å². The molecule has 3 nitrogen and oxygen atoms in total. The maximum Gasteiger partial charge on any atom is 0.391 e. The lowest BCUT2D eigenvalue weighted by Gasteiger charge is -2.27. The van der Waals surface area contributed by atoms with Crippen LogP contribution in [-0.4, -0.2) is 24.2 Å². The third-order valence-electron chi connectivity index (χ3n) is 2.14. The predicted octanol–water partition coefficient (Wildman–Crippen LogP) is 1.82. The van der Waals surface area contributed by atoms with E-state index in [0.717, 1.165) is 0 Å². The van der Waals surface area contributed by atoms with Crippen LogP contribution >= 0.6 is 0 Å². The molecule has 0 aromatic carbocycles. The second kappa shape index (κ2) is 5.03. The molecule has 6 heteroatoms. The smallest absolute Gasteiger partial charge is 0.352 e. The highest BCUT2D eigenvalue weighted by molar-refractivity contribution is 5.82. The lowest BCUT2D eigenvalue weighted by Crippen LogP contribution is -2.51. The van der Waals surface area contributed by atoms with E-state index in [0.29, 0.717) is 0 Å². The number of alkyl halides is 3. The average Bonchev–Trinajstić information content (AvgIpc) is 1.96. The maximum atomic E-state index is 12.0. The fraction of sp³-hybridized carbons (Fsp3) is 0.900. The second-order valence-corrected chi connectivity index (χ2v) is 5.07. The SMILES string of the molecule is CC(CC(F)(F)F)NC(=O)C(N)C(C)(C)C. The van der Waals surface area contributed by atoms with Gasteiger partial charge in [0.25, 0.3) is 0 Å². The molecule has 0 aromatic heterocycles. The normalized spacial score (nSPS) is 16.8. The Morgan fingerprint density at radius 2 is 1.75 bits per heavy atom. The first-order chi connectivity index (χ1) is 6.93. The Hall–Kier alpha value is -0.780. The van der Waals surface area contributed by atoms with Crippen LogP contribution in [0.1, 0.15) is 34.1 Å². The Morgan fingerprint density at radius 1 is 1.31 bits per heavy atom. The van der Waals surface area contributed by atoms with Crippen LogP contribution in [0.3, 0.4) is 0 Å². The molecular weight excluding hydrogens is 221 g/mol. The zero-order chi connectivity index (χ0) is 13.1. The molecule has 2 unspecified atom stereocenters. The van der Waals surface area contributed by atoms with Gasteiger partial charge in [0.2, 0.25) is 5.91 Å². The van der Waals surface area contributed by atoms with Gasteiger partial charge in [-0.2, -0.15) is 13.2 Å². The molecule has 3 N–H and O–H groups in total. The summed E-state index contributed by atoms with van der Waals surface area (Å²) in [5.74, 6) is -0.552. The second-order valence-electron chi connectivity index (χ2n) is 5.07. The molecule has 0 heterocycles. The van der Waals surface area contributed by atoms with E-state index in [9.17, 15) is 18.0 Å². The van der Waals surface area contributed by atoms with Crippen molar-refractivity contribution in [1.29, 1.82) is 0 Å². The molecule has 1 amide bonds. The summed E-state index contributed by atoms with van der Waals surface area (Å²) >= 11 is 0. The minimum atomic E-state index is -4.28. The van der Waals surface area contributed by atoms with Crippen molar-refractivity contribution in [2.45, 2.75) is 52.4 Å². The van der Waals surface area contributed by atoms with E-state index in [4.69, 9.17) is 5.73 Å². The molecule has 0 aliphatic rings. The number of nitrogens with two attached hydrogens (primary N) is 1. The van der Waals surface area contributed by atoms with Gasteiger partial charge in [-0.3, -0.25) is 4.79 Å². The molecule has 16 heavy (non-hydrogen) atoms. The molecule has 0 bridgehead atoms. The van der Waals surface area contributed by atoms with Crippen LogP contribution in [0.25, 0.3) is 0 Å². The van der Waals surface area contributed by atoms with Crippen LogP contribution in [-0.2, 0) is 4.79 Å². The highest BCUT2D eigenvalue weighted by Crippen LogP contribution is 2.22. The van der Waals surface area contributed by atoms with E-state index >= 15 is 0 Å². The Morgan fingerprint density at radius 3 is 2.06 bits per heavy atom. The third kappa shape index (κ3) is 5.95. The highest BCUT2D eigenvalue weighted by Gasteiger charge is 2.33. The van der Waals surface area contributed by atoms with E-state index in [1.165, 1.54) is 6.92 Å². The van der Waals surface area contributed by atoms with E-state index in [1.807, 2.05) is 0 Å². The molecule has 96 valence electrons. The predicted molar refractivity (Wildman–Crippen MR) is 55.7 cm³/mol. The number of nitrogens with one attached hydrogen (secondary N) is 1. The summed E-state index contributed by atoms with van der Waals surface area (Å²) in [5, 5.41) is 2.26. The quantitative estimate of drug-likeness (QED) is 0.790. The number of hydrogen-bond donors (Lipinski definition) is 2. The Bertz CT molecular complexity index is 245. The van der Waals surface area contributed by atoms with Crippen LogP contribution in [0.2, 0.25) is 0 Å². The minimum absolute atomic E-state index is 0.470. The van der Waals surface area contributed by atoms with Gasteiger partial charge in [0.15, 0.2) is 0 Å². The summed E-state index contributed by atoms with van der Waals surface area (Å²) in [6.07, 6.45) is -5.33.